The van der Waals surface area contributed by atoms with E-state index in [0.717, 1.165) is 12.8 Å². The molecule has 0 saturated carbocycles. The van der Waals surface area contributed by atoms with Crippen molar-refractivity contribution >= 4 is 33.3 Å². The Morgan fingerprint density at radius 3 is 2.68 bits per heavy atom. The van der Waals surface area contributed by atoms with E-state index in [9.17, 15) is 8.42 Å². The summed E-state index contributed by atoms with van der Waals surface area (Å²) in [6, 6.07) is 13.7. The average molecular weight is 418 g/mol. The summed E-state index contributed by atoms with van der Waals surface area (Å²) in [6.07, 6.45) is 2.12. The number of fused-ring (bicyclic) bond motifs is 2. The highest BCUT2D eigenvalue weighted by Gasteiger charge is 2.26. The second kappa shape index (κ2) is 7.11. The predicted molar refractivity (Wildman–Crippen MR) is 111 cm³/mol. The van der Waals surface area contributed by atoms with Gasteiger partial charge in [-0.3, -0.25) is 9.47 Å². The highest BCUT2D eigenvalue weighted by Crippen LogP contribution is 2.35. The molecule has 28 heavy (non-hydrogen) atoms. The monoisotopic (exact) mass is 417 g/mol. The van der Waals surface area contributed by atoms with E-state index in [1.165, 1.54) is 29.5 Å². The minimum atomic E-state index is -3.53. The first kappa shape index (κ1) is 19.3. The van der Waals surface area contributed by atoms with Gasteiger partial charge in [-0.25, -0.2) is 12.7 Å². The van der Waals surface area contributed by atoms with Crippen molar-refractivity contribution < 1.29 is 12.8 Å². The molecule has 1 aliphatic carbocycles. The van der Waals surface area contributed by atoms with Crippen molar-refractivity contribution in [3.63, 3.8) is 0 Å². The molecule has 0 N–H and O–H groups in total. The van der Waals surface area contributed by atoms with Gasteiger partial charge in [-0.15, -0.1) is 0 Å². The third-order valence-electron chi connectivity index (χ3n) is 5.42. The molecular weight excluding hydrogens is 394 g/mol. The Morgan fingerprint density at radius 2 is 1.93 bits per heavy atom. The smallest absolute Gasteiger partial charge is 0.270 e. The normalized spacial score (nSPS) is 17.0. The van der Waals surface area contributed by atoms with Crippen molar-refractivity contribution in [2.45, 2.75) is 30.4 Å². The van der Waals surface area contributed by atoms with Gasteiger partial charge in [0.2, 0.25) is 10.0 Å². The quantitative estimate of drug-likeness (QED) is 0.591. The van der Waals surface area contributed by atoms with Crippen molar-refractivity contribution in [3.05, 3.63) is 58.4 Å². The molecule has 1 unspecified atom stereocenters. The Labute approximate surface area is 170 Å². The predicted octanol–water partition coefficient (Wildman–Crippen LogP) is 3.79. The maximum atomic E-state index is 12.5. The minimum Gasteiger partial charge on any atom is -0.429 e. The second-order valence-electron chi connectivity index (χ2n) is 7.36. The standard InChI is InChI=1S/C20H23N3O3S2/c1-21(2)28(24,25)15-9-11-19-18(12-15)23(20(27)26-19)13-22(3)17-10-8-14-6-4-5-7-16(14)17/h4-7,9,11-12,17H,8,10,13H2,1-3H3. The van der Waals surface area contributed by atoms with Crippen LogP contribution in [0.2, 0.25) is 0 Å². The molecule has 1 aliphatic rings. The number of aryl methyl sites for hydroxylation is 1. The van der Waals surface area contributed by atoms with Crippen molar-refractivity contribution in [2.24, 2.45) is 0 Å². The van der Waals surface area contributed by atoms with Crippen LogP contribution < -0.4 is 0 Å². The lowest BCUT2D eigenvalue weighted by atomic mass is 10.1. The summed E-state index contributed by atoms with van der Waals surface area (Å²) in [5, 5.41) is 0. The van der Waals surface area contributed by atoms with Gasteiger partial charge in [0.15, 0.2) is 5.58 Å². The van der Waals surface area contributed by atoms with E-state index in [1.54, 1.807) is 18.2 Å². The summed E-state index contributed by atoms with van der Waals surface area (Å²) in [6.45, 7) is 0.524. The highest BCUT2D eigenvalue weighted by molar-refractivity contribution is 7.89. The number of hydrogen-bond acceptors (Lipinski definition) is 5. The van der Waals surface area contributed by atoms with Crippen LogP contribution in [0.25, 0.3) is 11.1 Å². The summed E-state index contributed by atoms with van der Waals surface area (Å²) in [7, 11) is 1.58. The van der Waals surface area contributed by atoms with Gasteiger partial charge < -0.3 is 4.42 Å². The number of aromatic nitrogens is 1. The summed E-state index contributed by atoms with van der Waals surface area (Å²) in [5.41, 5.74) is 4.01. The maximum absolute atomic E-state index is 12.5. The SMILES string of the molecule is CN(Cn1c(=S)oc2ccc(S(=O)(=O)N(C)C)cc21)C1CCc2ccccc21. The van der Waals surface area contributed by atoms with Gasteiger partial charge in [0.1, 0.15) is 0 Å². The Kier molecular flexibility index (Phi) is 4.91. The molecule has 0 aliphatic heterocycles. The molecule has 1 atom stereocenters. The zero-order chi connectivity index (χ0) is 20.1. The average Bonchev–Trinajstić information content (AvgIpc) is 3.22. The van der Waals surface area contributed by atoms with Gasteiger partial charge >= 0.3 is 0 Å². The summed E-state index contributed by atoms with van der Waals surface area (Å²) in [5.74, 6) is 0. The Balaban J connectivity index is 1.71. The van der Waals surface area contributed by atoms with Crippen LogP contribution in [-0.4, -0.2) is 43.3 Å². The number of rotatable bonds is 5. The van der Waals surface area contributed by atoms with Gasteiger partial charge in [0.05, 0.1) is 17.1 Å². The molecule has 2 aromatic carbocycles. The topological polar surface area (TPSA) is 58.7 Å². The first-order valence-corrected chi connectivity index (χ1v) is 11.0. The molecule has 0 radical (unpaired) electrons. The number of nitrogens with zero attached hydrogens (tertiary/aromatic N) is 3. The molecular formula is C20H23N3O3S2. The van der Waals surface area contributed by atoms with Crippen LogP contribution in [0.5, 0.6) is 0 Å². The summed E-state index contributed by atoms with van der Waals surface area (Å²) < 4.78 is 33.8. The van der Waals surface area contributed by atoms with Crippen LogP contribution in [0.15, 0.2) is 51.8 Å². The molecule has 1 heterocycles. The number of benzene rings is 2. The lowest BCUT2D eigenvalue weighted by Gasteiger charge is -2.25. The van der Waals surface area contributed by atoms with Gasteiger partial charge in [-0.1, -0.05) is 24.3 Å². The lowest BCUT2D eigenvalue weighted by Crippen LogP contribution is -2.26. The molecule has 0 bridgehead atoms. The van der Waals surface area contributed by atoms with Gasteiger partial charge in [-0.2, -0.15) is 0 Å². The third-order valence-corrected chi connectivity index (χ3v) is 7.53. The molecule has 0 saturated heterocycles. The first-order valence-electron chi connectivity index (χ1n) is 9.13. The van der Waals surface area contributed by atoms with E-state index in [4.69, 9.17) is 16.6 Å². The molecule has 0 fully saturated rings. The Hall–Kier alpha value is -2.00. The summed E-state index contributed by atoms with van der Waals surface area (Å²) in [4.78, 5) is 2.81. The molecule has 6 nitrogen and oxygen atoms in total. The zero-order valence-corrected chi connectivity index (χ0v) is 17.8. The Bertz CT molecular complexity index is 1190. The van der Waals surface area contributed by atoms with Gasteiger partial charge in [0, 0.05) is 20.1 Å². The first-order chi connectivity index (χ1) is 13.3. The van der Waals surface area contributed by atoms with E-state index >= 15 is 0 Å². The van der Waals surface area contributed by atoms with E-state index in [-0.39, 0.29) is 4.90 Å². The molecule has 3 aromatic rings. The Morgan fingerprint density at radius 1 is 1.18 bits per heavy atom. The van der Waals surface area contributed by atoms with E-state index in [1.807, 2.05) is 4.57 Å². The maximum Gasteiger partial charge on any atom is 0.270 e. The fourth-order valence-electron chi connectivity index (χ4n) is 3.86. The van der Waals surface area contributed by atoms with Crippen molar-refractivity contribution in [3.8, 4) is 0 Å². The number of oxazole rings is 1. The van der Waals surface area contributed by atoms with Crippen molar-refractivity contribution in [2.75, 3.05) is 21.1 Å². The van der Waals surface area contributed by atoms with E-state index in [0.29, 0.717) is 28.6 Å². The van der Waals surface area contributed by atoms with Crippen LogP contribution in [-0.2, 0) is 23.1 Å². The lowest BCUT2D eigenvalue weighted by molar-refractivity contribution is 0.192. The van der Waals surface area contributed by atoms with Crippen LogP contribution in [0.1, 0.15) is 23.6 Å². The molecule has 148 valence electrons. The third kappa shape index (κ3) is 3.20. The molecule has 0 spiro atoms. The fourth-order valence-corrected chi connectivity index (χ4v) is 5.03. The van der Waals surface area contributed by atoms with Crippen LogP contribution in [0.3, 0.4) is 0 Å². The van der Waals surface area contributed by atoms with Crippen molar-refractivity contribution in [1.29, 1.82) is 0 Å². The molecule has 0 amide bonds. The van der Waals surface area contributed by atoms with Gasteiger partial charge in [0.25, 0.3) is 4.84 Å². The van der Waals surface area contributed by atoms with Crippen LogP contribution in [0.4, 0.5) is 0 Å². The largest absolute Gasteiger partial charge is 0.429 e. The van der Waals surface area contributed by atoms with Crippen LogP contribution >= 0.6 is 12.2 Å². The zero-order valence-electron chi connectivity index (χ0n) is 16.1. The van der Waals surface area contributed by atoms with E-state index < -0.39 is 10.0 Å². The minimum absolute atomic E-state index is 0.225. The van der Waals surface area contributed by atoms with E-state index in [2.05, 4.69) is 36.2 Å². The van der Waals surface area contributed by atoms with Crippen LogP contribution in [0, 0.1) is 4.84 Å². The second-order valence-corrected chi connectivity index (χ2v) is 9.87. The van der Waals surface area contributed by atoms with Crippen molar-refractivity contribution in [1.82, 2.24) is 13.8 Å². The number of hydrogen-bond donors (Lipinski definition) is 0. The molecule has 1 aromatic heterocycles. The number of sulfonamides is 1. The fraction of sp³-hybridized carbons (Fsp3) is 0.350. The molecule has 8 heteroatoms. The summed E-state index contributed by atoms with van der Waals surface area (Å²) >= 11 is 5.42. The molecule has 4 rings (SSSR count). The highest BCUT2D eigenvalue weighted by atomic mass is 32.2. The van der Waals surface area contributed by atoms with Gasteiger partial charge in [-0.05, 0) is 61.4 Å².